The van der Waals surface area contributed by atoms with Crippen LogP contribution in [-0.4, -0.2) is 40.9 Å². The highest BCUT2D eigenvalue weighted by atomic mass is 32.2. The zero-order valence-corrected chi connectivity index (χ0v) is 12.9. The highest BCUT2D eigenvalue weighted by Crippen LogP contribution is 2.10. The molecule has 5 nitrogen and oxygen atoms in total. The number of nitrogens with one attached hydrogen (secondary N) is 1. The maximum absolute atomic E-state index is 11.8. The van der Waals surface area contributed by atoms with Gasteiger partial charge in [-0.3, -0.25) is 4.68 Å². The van der Waals surface area contributed by atoms with Crippen LogP contribution < -0.4 is 5.32 Å². The van der Waals surface area contributed by atoms with Gasteiger partial charge in [0.15, 0.2) is 0 Å². The Balaban J connectivity index is 2.57. The van der Waals surface area contributed by atoms with E-state index in [1.807, 2.05) is 18.8 Å². The van der Waals surface area contributed by atoms with Crippen molar-refractivity contribution in [2.45, 2.75) is 20.4 Å². The third kappa shape index (κ3) is 4.87. The van der Waals surface area contributed by atoms with Crippen molar-refractivity contribution in [1.82, 2.24) is 15.1 Å². The number of nitrogens with zero attached hydrogens (tertiary/aromatic N) is 2. The number of carbonyl (C=O) groups excluding carboxylic acids is 1. The summed E-state index contributed by atoms with van der Waals surface area (Å²) < 4.78 is 6.75. The van der Waals surface area contributed by atoms with Gasteiger partial charge in [-0.05, 0) is 31.4 Å². The van der Waals surface area contributed by atoms with E-state index in [9.17, 15) is 4.79 Å². The standard InChI is InChI=1S/C13H23N3O2S/c1-5-18-13(17)11-7-15-16(3)12(11)8-14-6-10(2)9-19-4/h7,10,14H,5-6,8-9H2,1-4H3. The minimum Gasteiger partial charge on any atom is -0.462 e. The molecule has 0 spiro atoms. The predicted octanol–water partition coefficient (Wildman–Crippen LogP) is 1.69. The largest absolute Gasteiger partial charge is 0.462 e. The molecule has 1 aromatic heterocycles. The zero-order chi connectivity index (χ0) is 14.3. The molecule has 0 bridgehead atoms. The Morgan fingerprint density at radius 2 is 2.37 bits per heavy atom. The molecule has 19 heavy (non-hydrogen) atoms. The molecule has 0 amide bonds. The molecule has 1 heterocycles. The van der Waals surface area contributed by atoms with Crippen LogP contribution in [0, 0.1) is 5.92 Å². The predicted molar refractivity (Wildman–Crippen MR) is 78.4 cm³/mol. The summed E-state index contributed by atoms with van der Waals surface area (Å²) in [4.78, 5) is 11.8. The molecule has 0 aliphatic heterocycles. The highest BCUT2D eigenvalue weighted by Gasteiger charge is 2.16. The molecule has 6 heteroatoms. The van der Waals surface area contributed by atoms with E-state index in [4.69, 9.17) is 4.74 Å². The van der Waals surface area contributed by atoms with Crippen molar-refractivity contribution in [2.75, 3.05) is 25.2 Å². The fourth-order valence-corrected chi connectivity index (χ4v) is 2.52. The quantitative estimate of drug-likeness (QED) is 0.737. The van der Waals surface area contributed by atoms with Crippen molar-refractivity contribution in [3.63, 3.8) is 0 Å². The Morgan fingerprint density at radius 1 is 1.63 bits per heavy atom. The van der Waals surface area contributed by atoms with Gasteiger partial charge >= 0.3 is 5.97 Å². The third-order valence-corrected chi connectivity index (χ3v) is 3.70. The first kappa shape index (κ1) is 16.0. The zero-order valence-electron chi connectivity index (χ0n) is 12.1. The van der Waals surface area contributed by atoms with Crippen LogP contribution in [0.25, 0.3) is 0 Å². The molecule has 0 radical (unpaired) electrons. The van der Waals surface area contributed by atoms with E-state index >= 15 is 0 Å². The lowest BCUT2D eigenvalue weighted by Gasteiger charge is -2.12. The number of carbonyl (C=O) groups is 1. The van der Waals surface area contributed by atoms with Gasteiger partial charge < -0.3 is 10.1 Å². The van der Waals surface area contributed by atoms with E-state index in [0.717, 1.165) is 18.0 Å². The molecule has 0 aliphatic carbocycles. The summed E-state index contributed by atoms with van der Waals surface area (Å²) >= 11 is 1.84. The lowest BCUT2D eigenvalue weighted by atomic mass is 10.2. The first-order valence-corrected chi connectivity index (χ1v) is 7.87. The van der Waals surface area contributed by atoms with E-state index in [1.54, 1.807) is 17.8 Å². The summed E-state index contributed by atoms with van der Waals surface area (Å²) in [5, 5.41) is 7.49. The van der Waals surface area contributed by atoms with Gasteiger partial charge in [-0.25, -0.2) is 4.79 Å². The topological polar surface area (TPSA) is 56.1 Å². The Hall–Kier alpha value is -1.01. The van der Waals surface area contributed by atoms with Gasteiger partial charge in [-0.2, -0.15) is 16.9 Å². The summed E-state index contributed by atoms with van der Waals surface area (Å²) in [5.41, 5.74) is 1.42. The van der Waals surface area contributed by atoms with Crippen molar-refractivity contribution in [2.24, 2.45) is 13.0 Å². The fraction of sp³-hybridized carbons (Fsp3) is 0.692. The SMILES string of the molecule is CCOC(=O)c1cnn(C)c1CNCC(C)CSC. The van der Waals surface area contributed by atoms with Gasteiger partial charge in [0.25, 0.3) is 0 Å². The van der Waals surface area contributed by atoms with Gasteiger partial charge in [0.2, 0.25) is 0 Å². The van der Waals surface area contributed by atoms with Crippen molar-refractivity contribution >= 4 is 17.7 Å². The van der Waals surface area contributed by atoms with Gasteiger partial charge in [-0.1, -0.05) is 6.92 Å². The monoisotopic (exact) mass is 285 g/mol. The molecule has 1 rings (SSSR count). The number of aryl methyl sites for hydroxylation is 1. The molecule has 1 aromatic rings. The van der Waals surface area contributed by atoms with Crippen LogP contribution in [0.4, 0.5) is 0 Å². The third-order valence-electron chi connectivity index (χ3n) is 2.79. The molecule has 0 saturated heterocycles. The van der Waals surface area contributed by atoms with Crippen molar-refractivity contribution in [3.05, 3.63) is 17.5 Å². The van der Waals surface area contributed by atoms with Crippen LogP contribution in [0.15, 0.2) is 6.20 Å². The van der Waals surface area contributed by atoms with Crippen molar-refractivity contribution in [3.8, 4) is 0 Å². The maximum Gasteiger partial charge on any atom is 0.341 e. The summed E-state index contributed by atoms with van der Waals surface area (Å²) in [6, 6.07) is 0. The Kier molecular flexibility index (Phi) is 6.94. The summed E-state index contributed by atoms with van der Waals surface area (Å²) in [7, 11) is 1.84. The van der Waals surface area contributed by atoms with E-state index in [-0.39, 0.29) is 5.97 Å². The first-order chi connectivity index (χ1) is 9.10. The molecule has 108 valence electrons. The summed E-state index contributed by atoms with van der Waals surface area (Å²) in [5.74, 6) is 1.43. The minimum atomic E-state index is -0.301. The van der Waals surface area contributed by atoms with E-state index in [2.05, 4.69) is 23.6 Å². The Morgan fingerprint density at radius 3 is 3.00 bits per heavy atom. The second-order valence-corrected chi connectivity index (χ2v) is 5.45. The van der Waals surface area contributed by atoms with Crippen molar-refractivity contribution < 1.29 is 9.53 Å². The summed E-state index contributed by atoms with van der Waals surface area (Å²) in [6.45, 7) is 5.94. The van der Waals surface area contributed by atoms with E-state index in [1.165, 1.54) is 0 Å². The van der Waals surface area contributed by atoms with Crippen LogP contribution in [-0.2, 0) is 18.3 Å². The maximum atomic E-state index is 11.8. The molecule has 1 atom stereocenters. The molecule has 0 aromatic carbocycles. The minimum absolute atomic E-state index is 0.301. The average molecular weight is 285 g/mol. The van der Waals surface area contributed by atoms with Crippen LogP contribution in [0.5, 0.6) is 0 Å². The van der Waals surface area contributed by atoms with Gasteiger partial charge in [-0.15, -0.1) is 0 Å². The van der Waals surface area contributed by atoms with Crippen LogP contribution in [0.2, 0.25) is 0 Å². The fourth-order valence-electron chi connectivity index (χ4n) is 1.83. The Bertz CT molecular complexity index is 407. The Labute approximate surface area is 119 Å². The van der Waals surface area contributed by atoms with Crippen LogP contribution in [0.3, 0.4) is 0 Å². The molecule has 0 aliphatic rings. The van der Waals surface area contributed by atoms with Gasteiger partial charge in [0.05, 0.1) is 18.5 Å². The molecular weight excluding hydrogens is 262 g/mol. The molecular formula is C13H23N3O2S. The lowest BCUT2D eigenvalue weighted by Crippen LogP contribution is -2.24. The van der Waals surface area contributed by atoms with E-state index < -0.39 is 0 Å². The van der Waals surface area contributed by atoms with Gasteiger partial charge in [0.1, 0.15) is 5.56 Å². The van der Waals surface area contributed by atoms with Gasteiger partial charge in [0, 0.05) is 13.6 Å². The number of esters is 1. The smallest absolute Gasteiger partial charge is 0.341 e. The number of hydrogen-bond donors (Lipinski definition) is 1. The summed E-state index contributed by atoms with van der Waals surface area (Å²) in [6.07, 6.45) is 3.68. The second-order valence-electron chi connectivity index (χ2n) is 4.54. The number of thioether (sulfide) groups is 1. The number of aromatic nitrogens is 2. The number of rotatable bonds is 8. The molecule has 0 fully saturated rings. The van der Waals surface area contributed by atoms with Crippen LogP contribution >= 0.6 is 11.8 Å². The van der Waals surface area contributed by atoms with Crippen LogP contribution in [0.1, 0.15) is 29.9 Å². The first-order valence-electron chi connectivity index (χ1n) is 6.47. The normalized spacial score (nSPS) is 12.4. The average Bonchev–Trinajstić information content (AvgIpc) is 2.72. The molecule has 0 saturated carbocycles. The lowest BCUT2D eigenvalue weighted by molar-refractivity contribution is 0.0524. The van der Waals surface area contributed by atoms with E-state index in [0.29, 0.717) is 24.6 Å². The van der Waals surface area contributed by atoms with Crippen molar-refractivity contribution in [1.29, 1.82) is 0 Å². The molecule has 1 N–H and O–H groups in total. The number of ether oxygens (including phenoxy) is 1. The number of hydrogen-bond acceptors (Lipinski definition) is 5. The second kappa shape index (κ2) is 8.22. The molecule has 1 unspecified atom stereocenters. The highest BCUT2D eigenvalue weighted by molar-refractivity contribution is 7.98.